The van der Waals surface area contributed by atoms with Crippen LogP contribution in [0.5, 0.6) is 0 Å². The van der Waals surface area contributed by atoms with Crippen molar-refractivity contribution in [3.8, 4) is 0 Å². The fourth-order valence-corrected chi connectivity index (χ4v) is 4.34. The fourth-order valence-electron chi connectivity index (χ4n) is 3.52. The molecule has 1 aromatic heterocycles. The number of rotatable bonds is 9. The molecule has 1 aromatic carbocycles. The normalized spacial score (nSPS) is 16.5. The van der Waals surface area contributed by atoms with E-state index in [1.54, 1.807) is 11.3 Å². The quantitative estimate of drug-likeness (QED) is 0.279. The van der Waals surface area contributed by atoms with Crippen molar-refractivity contribution in [2.24, 2.45) is 10.9 Å². The zero-order valence-electron chi connectivity index (χ0n) is 18.6. The van der Waals surface area contributed by atoms with Gasteiger partial charge >= 0.3 is 0 Å². The molecule has 1 amide bonds. The molecule has 0 spiro atoms. The molecule has 170 valence electrons. The van der Waals surface area contributed by atoms with Gasteiger partial charge in [0.1, 0.15) is 0 Å². The van der Waals surface area contributed by atoms with E-state index >= 15 is 0 Å². The summed E-state index contributed by atoms with van der Waals surface area (Å²) in [5, 5.41) is 9.94. The third kappa shape index (κ3) is 8.07. The molecule has 6 nitrogen and oxygen atoms in total. The summed E-state index contributed by atoms with van der Waals surface area (Å²) in [4.78, 5) is 23.7. The first-order valence-corrected chi connectivity index (χ1v) is 11.7. The van der Waals surface area contributed by atoms with Crippen LogP contribution in [0.1, 0.15) is 49.4 Å². The largest absolute Gasteiger partial charge is 0.357 e. The lowest BCUT2D eigenvalue weighted by molar-refractivity contribution is -0.127. The summed E-state index contributed by atoms with van der Waals surface area (Å²) in [6, 6.07) is 10.3. The van der Waals surface area contributed by atoms with Crippen LogP contribution in [0.2, 0.25) is 0 Å². The third-order valence-electron chi connectivity index (χ3n) is 5.17. The smallest absolute Gasteiger partial charge is 0.223 e. The molecular formula is C23H34IN5OS. The maximum Gasteiger partial charge on any atom is 0.223 e. The predicted octanol–water partition coefficient (Wildman–Crippen LogP) is 4.03. The van der Waals surface area contributed by atoms with Gasteiger partial charge in [-0.15, -0.1) is 35.3 Å². The first-order chi connectivity index (χ1) is 14.5. The summed E-state index contributed by atoms with van der Waals surface area (Å²) in [7, 11) is 0. The molecule has 2 aromatic rings. The molecule has 0 saturated carbocycles. The van der Waals surface area contributed by atoms with Crippen LogP contribution < -0.4 is 10.6 Å². The van der Waals surface area contributed by atoms with Gasteiger partial charge in [-0.05, 0) is 18.9 Å². The van der Waals surface area contributed by atoms with Crippen LogP contribution in [0.25, 0.3) is 0 Å². The fraction of sp³-hybridized carbons (Fsp3) is 0.522. The van der Waals surface area contributed by atoms with E-state index in [0.717, 1.165) is 49.3 Å². The molecule has 0 radical (unpaired) electrons. The Kier molecular flexibility index (Phi) is 10.7. The molecule has 0 aliphatic carbocycles. The van der Waals surface area contributed by atoms with Crippen molar-refractivity contribution in [3.05, 3.63) is 52.0 Å². The van der Waals surface area contributed by atoms with Crippen molar-refractivity contribution in [2.75, 3.05) is 26.2 Å². The lowest BCUT2D eigenvalue weighted by Gasteiger charge is -2.18. The van der Waals surface area contributed by atoms with E-state index in [1.807, 2.05) is 23.1 Å². The highest BCUT2D eigenvalue weighted by Gasteiger charge is 2.29. The van der Waals surface area contributed by atoms with Gasteiger partial charge in [-0.3, -0.25) is 4.79 Å². The Bertz CT molecular complexity index is 840. The van der Waals surface area contributed by atoms with Gasteiger partial charge in [-0.1, -0.05) is 44.2 Å². The van der Waals surface area contributed by atoms with Crippen molar-refractivity contribution >= 4 is 47.2 Å². The molecule has 1 fully saturated rings. The lowest BCUT2D eigenvalue weighted by Crippen LogP contribution is -2.40. The number of aromatic nitrogens is 1. The Morgan fingerprint density at radius 1 is 1.29 bits per heavy atom. The Morgan fingerprint density at radius 3 is 2.74 bits per heavy atom. The molecule has 0 bridgehead atoms. The molecular weight excluding hydrogens is 521 g/mol. The van der Waals surface area contributed by atoms with Crippen LogP contribution in [-0.4, -0.2) is 47.9 Å². The van der Waals surface area contributed by atoms with Gasteiger partial charge in [0, 0.05) is 49.8 Å². The standard InChI is InChI=1S/C23H33N5OS.HI/c1-4-24-23(26-14-20-16-30-22(27-20)17(2)3)25-13-19-12-21(29)28(15-19)11-10-18-8-6-5-7-9-18;/h5-9,16-17,19H,4,10-15H2,1-3H3,(H2,24,25,26);1H. The number of nitrogens with one attached hydrogen (secondary N) is 2. The minimum absolute atomic E-state index is 0. The summed E-state index contributed by atoms with van der Waals surface area (Å²) in [5.41, 5.74) is 2.28. The van der Waals surface area contributed by atoms with Crippen LogP contribution in [0, 0.1) is 5.92 Å². The number of guanidine groups is 1. The number of benzene rings is 1. The number of thiazole rings is 1. The number of hydrogen-bond donors (Lipinski definition) is 2. The molecule has 2 heterocycles. The number of nitrogens with zero attached hydrogens (tertiary/aromatic N) is 3. The van der Waals surface area contributed by atoms with Gasteiger partial charge in [0.05, 0.1) is 17.2 Å². The summed E-state index contributed by atoms with van der Waals surface area (Å²) in [5.74, 6) is 1.79. The van der Waals surface area contributed by atoms with E-state index in [0.29, 0.717) is 24.8 Å². The Labute approximate surface area is 207 Å². The lowest BCUT2D eigenvalue weighted by atomic mass is 10.1. The zero-order valence-corrected chi connectivity index (χ0v) is 21.8. The number of halogens is 1. The molecule has 8 heteroatoms. The number of hydrogen-bond acceptors (Lipinski definition) is 4. The van der Waals surface area contributed by atoms with Crippen molar-refractivity contribution in [1.29, 1.82) is 0 Å². The van der Waals surface area contributed by atoms with E-state index in [4.69, 9.17) is 0 Å². The highest BCUT2D eigenvalue weighted by molar-refractivity contribution is 14.0. The highest BCUT2D eigenvalue weighted by atomic mass is 127. The Balaban J connectivity index is 0.00000341. The number of carbonyl (C=O) groups is 1. The second-order valence-corrected chi connectivity index (χ2v) is 8.94. The molecule has 1 saturated heterocycles. The van der Waals surface area contributed by atoms with Gasteiger partial charge in [-0.2, -0.15) is 0 Å². The summed E-state index contributed by atoms with van der Waals surface area (Å²) < 4.78 is 0. The van der Waals surface area contributed by atoms with Crippen LogP contribution in [-0.2, 0) is 17.8 Å². The van der Waals surface area contributed by atoms with Crippen LogP contribution in [0.4, 0.5) is 0 Å². The number of likely N-dealkylation sites (tertiary alicyclic amines) is 1. The highest BCUT2D eigenvalue weighted by Crippen LogP contribution is 2.20. The molecule has 1 aliphatic heterocycles. The first kappa shape index (κ1) is 25.6. The maximum atomic E-state index is 12.4. The van der Waals surface area contributed by atoms with Gasteiger partial charge in [0.15, 0.2) is 5.96 Å². The van der Waals surface area contributed by atoms with E-state index in [1.165, 1.54) is 5.56 Å². The van der Waals surface area contributed by atoms with Gasteiger partial charge in [-0.25, -0.2) is 9.98 Å². The molecule has 3 rings (SSSR count). The van der Waals surface area contributed by atoms with Gasteiger partial charge < -0.3 is 15.5 Å². The van der Waals surface area contributed by atoms with E-state index in [-0.39, 0.29) is 29.9 Å². The minimum atomic E-state index is 0. The first-order valence-electron chi connectivity index (χ1n) is 10.8. The SMILES string of the molecule is CCNC(=NCc1csc(C(C)C)n1)NCC1CC(=O)N(CCc2ccccc2)C1.I. The van der Waals surface area contributed by atoms with Crippen molar-refractivity contribution in [3.63, 3.8) is 0 Å². The second-order valence-electron chi connectivity index (χ2n) is 8.05. The van der Waals surface area contributed by atoms with Gasteiger partial charge in [0.2, 0.25) is 5.91 Å². The second kappa shape index (κ2) is 13.0. The maximum absolute atomic E-state index is 12.4. The predicted molar refractivity (Wildman–Crippen MR) is 139 cm³/mol. The topological polar surface area (TPSA) is 69.6 Å². The van der Waals surface area contributed by atoms with Crippen LogP contribution in [0.3, 0.4) is 0 Å². The van der Waals surface area contributed by atoms with Crippen LogP contribution in [0.15, 0.2) is 40.7 Å². The molecule has 31 heavy (non-hydrogen) atoms. The summed E-state index contributed by atoms with van der Waals surface area (Å²) >= 11 is 1.70. The van der Waals surface area contributed by atoms with E-state index in [2.05, 4.69) is 58.9 Å². The number of amides is 1. The van der Waals surface area contributed by atoms with Crippen molar-refractivity contribution in [2.45, 2.75) is 46.1 Å². The van der Waals surface area contributed by atoms with Crippen molar-refractivity contribution < 1.29 is 4.79 Å². The Morgan fingerprint density at radius 2 is 2.06 bits per heavy atom. The Hall–Kier alpha value is -1.68. The minimum Gasteiger partial charge on any atom is -0.357 e. The molecule has 1 atom stereocenters. The molecule has 1 aliphatic rings. The summed E-state index contributed by atoms with van der Waals surface area (Å²) in [6.45, 7) is 10.1. The van der Waals surface area contributed by atoms with E-state index in [9.17, 15) is 4.79 Å². The average Bonchev–Trinajstić information content (AvgIpc) is 3.36. The third-order valence-corrected chi connectivity index (χ3v) is 6.37. The van der Waals surface area contributed by atoms with E-state index < -0.39 is 0 Å². The monoisotopic (exact) mass is 555 g/mol. The summed E-state index contributed by atoms with van der Waals surface area (Å²) in [6.07, 6.45) is 1.51. The molecule has 1 unspecified atom stereocenters. The van der Waals surface area contributed by atoms with Crippen molar-refractivity contribution in [1.82, 2.24) is 20.5 Å². The average molecular weight is 556 g/mol. The number of aliphatic imine (C=N–C) groups is 1. The molecule has 2 N–H and O–H groups in total. The van der Waals surface area contributed by atoms with Crippen LogP contribution >= 0.6 is 35.3 Å². The number of carbonyl (C=O) groups excluding carboxylic acids is 1. The van der Waals surface area contributed by atoms with Gasteiger partial charge in [0.25, 0.3) is 0 Å². The zero-order chi connectivity index (χ0) is 21.3.